The number of thiophene rings is 1. The molecule has 0 aliphatic heterocycles. The summed E-state index contributed by atoms with van der Waals surface area (Å²) in [5, 5.41) is 3.09. The highest BCUT2D eigenvalue weighted by molar-refractivity contribution is 7.16. The van der Waals surface area contributed by atoms with Gasteiger partial charge in [-0.3, -0.25) is 9.59 Å². The van der Waals surface area contributed by atoms with Crippen LogP contribution in [0.2, 0.25) is 0 Å². The monoisotopic (exact) mass is 320 g/mol. The first-order valence-corrected chi connectivity index (χ1v) is 7.38. The van der Waals surface area contributed by atoms with Crippen LogP contribution in [0.3, 0.4) is 0 Å². The lowest BCUT2D eigenvalue weighted by atomic mass is 10.3. The maximum absolute atomic E-state index is 12.1. The number of carbonyl (C=O) groups is 2. The third kappa shape index (κ3) is 3.43. The Morgan fingerprint density at radius 3 is 2.77 bits per heavy atom. The van der Waals surface area contributed by atoms with Gasteiger partial charge in [0.05, 0.1) is 12.7 Å². The molecule has 7 heteroatoms. The predicted octanol–water partition coefficient (Wildman–Crippen LogP) is 1.95. The van der Waals surface area contributed by atoms with E-state index >= 15 is 0 Å². The Hall–Kier alpha value is -2.41. The van der Waals surface area contributed by atoms with E-state index in [0.717, 1.165) is 4.88 Å². The van der Waals surface area contributed by atoms with Crippen LogP contribution in [0.5, 0.6) is 0 Å². The number of aryl methyl sites for hydroxylation is 2. The zero-order valence-electron chi connectivity index (χ0n) is 12.5. The van der Waals surface area contributed by atoms with Gasteiger partial charge in [-0.2, -0.15) is 0 Å². The highest BCUT2D eigenvalue weighted by atomic mass is 32.1. The summed E-state index contributed by atoms with van der Waals surface area (Å²) in [6.45, 7) is 3.41. The van der Waals surface area contributed by atoms with E-state index in [-0.39, 0.29) is 18.0 Å². The molecule has 0 spiro atoms. The van der Waals surface area contributed by atoms with Gasteiger partial charge in [0.1, 0.15) is 11.5 Å². The fourth-order valence-electron chi connectivity index (χ4n) is 1.97. The average molecular weight is 320 g/mol. The summed E-state index contributed by atoms with van der Waals surface area (Å²) in [5.74, 6) is -0.882. The van der Waals surface area contributed by atoms with Crippen LogP contribution in [0.15, 0.2) is 29.2 Å². The standard InChI is InChI=1S/C15H16N2O4S/c1-9-5-4-6-17(14(9)19)8-12(18)16-13-11(15(20)21-3)7-10(2)22-13/h4-7H,8H2,1-3H3,(H,16,18). The number of methoxy groups -OCH3 is 1. The average Bonchev–Trinajstić information content (AvgIpc) is 2.83. The van der Waals surface area contributed by atoms with Gasteiger partial charge in [-0.05, 0) is 26.0 Å². The second-order valence-electron chi connectivity index (χ2n) is 4.76. The normalized spacial score (nSPS) is 10.3. The van der Waals surface area contributed by atoms with Crippen LogP contribution in [0.4, 0.5) is 5.00 Å². The van der Waals surface area contributed by atoms with Gasteiger partial charge in [0.15, 0.2) is 0 Å². The van der Waals surface area contributed by atoms with Crippen molar-refractivity contribution in [1.29, 1.82) is 0 Å². The molecule has 1 N–H and O–H groups in total. The molecule has 0 unspecified atom stereocenters. The molecule has 2 aromatic heterocycles. The molecular formula is C15H16N2O4S. The maximum Gasteiger partial charge on any atom is 0.340 e. The van der Waals surface area contributed by atoms with Gasteiger partial charge < -0.3 is 14.6 Å². The van der Waals surface area contributed by atoms with Crippen molar-refractivity contribution >= 4 is 28.2 Å². The number of hydrogen-bond donors (Lipinski definition) is 1. The van der Waals surface area contributed by atoms with Crippen LogP contribution in [0, 0.1) is 13.8 Å². The third-order valence-corrected chi connectivity index (χ3v) is 4.00. The minimum absolute atomic E-state index is 0.113. The molecule has 0 atom stereocenters. The molecule has 6 nitrogen and oxygen atoms in total. The van der Waals surface area contributed by atoms with Gasteiger partial charge in [0.2, 0.25) is 5.91 Å². The molecule has 0 aliphatic rings. The van der Waals surface area contributed by atoms with Crippen LogP contribution in [0.1, 0.15) is 20.8 Å². The smallest absolute Gasteiger partial charge is 0.340 e. The largest absolute Gasteiger partial charge is 0.465 e. The Kier molecular flexibility index (Phi) is 4.77. The van der Waals surface area contributed by atoms with Crippen LogP contribution >= 0.6 is 11.3 Å². The SMILES string of the molecule is COC(=O)c1cc(C)sc1NC(=O)Cn1cccc(C)c1=O. The van der Waals surface area contributed by atoms with Crippen LogP contribution in [-0.2, 0) is 16.1 Å². The van der Waals surface area contributed by atoms with E-state index in [4.69, 9.17) is 0 Å². The number of esters is 1. The van der Waals surface area contributed by atoms with Crippen molar-refractivity contribution in [2.24, 2.45) is 0 Å². The van der Waals surface area contributed by atoms with Crippen molar-refractivity contribution in [1.82, 2.24) is 4.57 Å². The van der Waals surface area contributed by atoms with Crippen molar-refractivity contribution in [3.8, 4) is 0 Å². The molecule has 22 heavy (non-hydrogen) atoms. The Morgan fingerprint density at radius 1 is 1.36 bits per heavy atom. The van der Waals surface area contributed by atoms with E-state index in [1.807, 2.05) is 6.92 Å². The second-order valence-corrected chi connectivity index (χ2v) is 6.02. The van der Waals surface area contributed by atoms with Crippen LogP contribution in [-0.4, -0.2) is 23.6 Å². The van der Waals surface area contributed by atoms with Crippen molar-refractivity contribution in [2.75, 3.05) is 12.4 Å². The fraction of sp³-hybridized carbons (Fsp3) is 0.267. The third-order valence-electron chi connectivity index (χ3n) is 3.04. The topological polar surface area (TPSA) is 77.4 Å². The van der Waals surface area contributed by atoms with Gasteiger partial charge in [-0.1, -0.05) is 6.07 Å². The molecular weight excluding hydrogens is 304 g/mol. The predicted molar refractivity (Wildman–Crippen MR) is 84.5 cm³/mol. The molecule has 0 aliphatic carbocycles. The zero-order valence-corrected chi connectivity index (χ0v) is 13.3. The summed E-state index contributed by atoms with van der Waals surface area (Å²) in [5.41, 5.74) is 0.667. The van der Waals surface area contributed by atoms with Gasteiger partial charge >= 0.3 is 5.97 Å². The summed E-state index contributed by atoms with van der Waals surface area (Å²) in [6.07, 6.45) is 1.55. The van der Waals surface area contributed by atoms with E-state index in [2.05, 4.69) is 10.1 Å². The Morgan fingerprint density at radius 2 is 2.09 bits per heavy atom. The molecule has 0 aromatic carbocycles. The molecule has 116 valence electrons. The van der Waals surface area contributed by atoms with Crippen LogP contribution < -0.4 is 10.9 Å². The molecule has 0 saturated heterocycles. The summed E-state index contributed by atoms with van der Waals surface area (Å²) < 4.78 is 6.01. The van der Waals surface area contributed by atoms with Crippen molar-refractivity contribution in [2.45, 2.75) is 20.4 Å². The number of anilines is 1. The molecule has 2 heterocycles. The van der Waals surface area contributed by atoms with E-state index in [1.165, 1.54) is 23.0 Å². The molecule has 0 fully saturated rings. The number of hydrogen-bond acceptors (Lipinski definition) is 5. The summed E-state index contributed by atoms with van der Waals surface area (Å²) in [6, 6.07) is 5.05. The lowest BCUT2D eigenvalue weighted by Gasteiger charge is -2.08. The number of ether oxygens (including phenoxy) is 1. The van der Waals surface area contributed by atoms with Crippen molar-refractivity contribution in [3.63, 3.8) is 0 Å². The second kappa shape index (κ2) is 6.57. The minimum Gasteiger partial charge on any atom is -0.465 e. The molecule has 2 aromatic rings. The zero-order chi connectivity index (χ0) is 16.3. The molecule has 2 rings (SSSR count). The fourth-order valence-corrected chi connectivity index (χ4v) is 2.89. The van der Waals surface area contributed by atoms with Crippen molar-refractivity contribution in [3.05, 3.63) is 50.8 Å². The number of nitrogens with zero attached hydrogens (tertiary/aromatic N) is 1. The first kappa shape index (κ1) is 16.0. The van der Waals surface area contributed by atoms with Gasteiger partial charge in [-0.25, -0.2) is 4.79 Å². The first-order chi connectivity index (χ1) is 10.4. The molecule has 0 bridgehead atoms. The number of aromatic nitrogens is 1. The van der Waals surface area contributed by atoms with Gasteiger partial charge in [-0.15, -0.1) is 11.3 Å². The van der Waals surface area contributed by atoms with Crippen molar-refractivity contribution < 1.29 is 14.3 Å². The lowest BCUT2D eigenvalue weighted by molar-refractivity contribution is -0.116. The van der Waals surface area contributed by atoms with E-state index in [1.54, 1.807) is 31.3 Å². The van der Waals surface area contributed by atoms with E-state index < -0.39 is 5.97 Å². The minimum atomic E-state index is -0.507. The maximum atomic E-state index is 12.1. The summed E-state index contributed by atoms with van der Waals surface area (Å²) in [4.78, 5) is 36.5. The summed E-state index contributed by atoms with van der Waals surface area (Å²) >= 11 is 1.28. The Balaban J connectivity index is 2.18. The highest BCUT2D eigenvalue weighted by Gasteiger charge is 2.17. The Bertz CT molecular complexity index is 776. The van der Waals surface area contributed by atoms with E-state index in [0.29, 0.717) is 16.1 Å². The van der Waals surface area contributed by atoms with Gasteiger partial charge in [0.25, 0.3) is 5.56 Å². The highest BCUT2D eigenvalue weighted by Crippen LogP contribution is 2.28. The molecule has 0 saturated carbocycles. The quantitative estimate of drug-likeness (QED) is 0.874. The molecule has 1 amide bonds. The Labute approximate surface area is 131 Å². The van der Waals surface area contributed by atoms with Gasteiger partial charge in [0, 0.05) is 16.6 Å². The lowest BCUT2D eigenvalue weighted by Crippen LogP contribution is -2.28. The number of pyridine rings is 1. The van der Waals surface area contributed by atoms with E-state index in [9.17, 15) is 14.4 Å². The number of amides is 1. The number of nitrogens with one attached hydrogen (secondary N) is 1. The van der Waals surface area contributed by atoms with Crippen LogP contribution in [0.25, 0.3) is 0 Å². The first-order valence-electron chi connectivity index (χ1n) is 6.57. The summed E-state index contributed by atoms with van der Waals surface area (Å²) in [7, 11) is 1.28. The molecule has 0 radical (unpaired) electrons. The number of rotatable bonds is 4. The number of carbonyl (C=O) groups excluding carboxylic acids is 2.